The van der Waals surface area contributed by atoms with E-state index >= 15 is 0 Å². The van der Waals surface area contributed by atoms with Gasteiger partial charge in [0.05, 0.1) is 11.1 Å². The van der Waals surface area contributed by atoms with Crippen molar-refractivity contribution >= 4 is 33.7 Å². The van der Waals surface area contributed by atoms with Gasteiger partial charge in [-0.05, 0) is 45.7 Å². The van der Waals surface area contributed by atoms with Crippen LogP contribution in [-0.2, 0) is 24.2 Å². The summed E-state index contributed by atoms with van der Waals surface area (Å²) >= 11 is 0. The zero-order valence-electron chi connectivity index (χ0n) is 17.7. The number of hydroxylamine groups is 2. The largest absolute Gasteiger partial charge is 0.444 e. The van der Waals surface area contributed by atoms with Gasteiger partial charge in [-0.1, -0.05) is 17.2 Å². The third kappa shape index (κ3) is 4.14. The van der Waals surface area contributed by atoms with Gasteiger partial charge in [0.2, 0.25) is 0 Å². The Bertz CT molecular complexity index is 1010. The molecule has 1 fully saturated rings. The van der Waals surface area contributed by atoms with Crippen LogP contribution >= 0.6 is 0 Å². The van der Waals surface area contributed by atoms with Crippen LogP contribution in [-0.4, -0.2) is 72.0 Å². The molecule has 0 radical (unpaired) electrons. The molecular weight excluding hydrogens is 428 g/mol. The average molecular weight is 452 g/mol. The molecule has 0 unspecified atom stereocenters. The summed E-state index contributed by atoms with van der Waals surface area (Å²) in [5, 5.41) is 0.292. The van der Waals surface area contributed by atoms with Crippen molar-refractivity contribution in [2.24, 2.45) is 0 Å². The molecule has 0 atom stereocenters. The van der Waals surface area contributed by atoms with Gasteiger partial charge in [-0.2, -0.15) is 0 Å². The fourth-order valence-electron chi connectivity index (χ4n) is 3.52. The van der Waals surface area contributed by atoms with Crippen LogP contribution in [0.4, 0.5) is 4.79 Å². The second-order valence-electron chi connectivity index (χ2n) is 8.56. The third-order valence-electron chi connectivity index (χ3n) is 5.24. The summed E-state index contributed by atoms with van der Waals surface area (Å²) in [6.07, 6.45) is -0.247. The number of piperidine rings is 1. The number of amides is 3. The lowest BCUT2D eigenvalue weighted by molar-refractivity contribution is -0.173. The number of ether oxygens (including phenoxy) is 1. The number of benzene rings is 1. The molecule has 168 valence electrons. The fourth-order valence-corrected chi connectivity index (χ4v) is 4.78. The Morgan fingerprint density at radius 2 is 1.48 bits per heavy atom. The molecule has 1 saturated heterocycles. The van der Waals surface area contributed by atoms with Crippen LogP contribution in [0.5, 0.6) is 0 Å². The van der Waals surface area contributed by atoms with Crippen molar-refractivity contribution in [3.63, 3.8) is 0 Å². The minimum Gasteiger partial charge on any atom is -0.444 e. The molecule has 0 aliphatic carbocycles. The Morgan fingerprint density at radius 3 is 1.90 bits per heavy atom. The van der Waals surface area contributed by atoms with E-state index in [0.717, 1.165) is 6.26 Å². The predicted molar refractivity (Wildman–Crippen MR) is 108 cm³/mol. The summed E-state index contributed by atoms with van der Waals surface area (Å²) in [4.78, 5) is 56.5. The van der Waals surface area contributed by atoms with Gasteiger partial charge in [0, 0.05) is 19.3 Å². The van der Waals surface area contributed by atoms with Crippen LogP contribution < -0.4 is 0 Å². The number of carbonyl (C=O) groups is 4. The summed E-state index contributed by atoms with van der Waals surface area (Å²) in [6, 6.07) is 5.93. The first-order chi connectivity index (χ1) is 14.3. The number of imide groups is 1. The number of nitrogens with zero attached hydrogens (tertiary/aromatic N) is 2. The summed E-state index contributed by atoms with van der Waals surface area (Å²) in [6.45, 7) is 4.97. The van der Waals surface area contributed by atoms with Crippen molar-refractivity contribution < 1.29 is 37.2 Å². The van der Waals surface area contributed by atoms with Gasteiger partial charge in [0.25, 0.3) is 11.8 Å². The highest BCUT2D eigenvalue weighted by Crippen LogP contribution is 2.34. The molecular formula is C20H24N2O8S. The summed E-state index contributed by atoms with van der Waals surface area (Å²) in [5.41, 5.74) is -0.603. The number of carbonyl (C=O) groups excluding carboxylic acids is 4. The Morgan fingerprint density at radius 1 is 1.00 bits per heavy atom. The molecule has 0 bridgehead atoms. The molecule has 1 aromatic rings. The molecule has 2 heterocycles. The first-order valence-corrected chi connectivity index (χ1v) is 11.5. The van der Waals surface area contributed by atoms with Crippen molar-refractivity contribution in [1.29, 1.82) is 0 Å². The number of hydrogen-bond acceptors (Lipinski definition) is 8. The number of fused-ring (bicyclic) bond motifs is 1. The molecule has 3 amide bonds. The molecule has 2 aliphatic heterocycles. The Labute approximate surface area is 180 Å². The van der Waals surface area contributed by atoms with E-state index in [4.69, 9.17) is 9.57 Å². The zero-order valence-corrected chi connectivity index (χ0v) is 18.5. The van der Waals surface area contributed by atoms with E-state index in [2.05, 4.69) is 0 Å². The van der Waals surface area contributed by atoms with Gasteiger partial charge in [0.1, 0.15) is 5.60 Å². The number of rotatable bonds is 3. The van der Waals surface area contributed by atoms with E-state index < -0.39 is 44.1 Å². The van der Waals surface area contributed by atoms with Gasteiger partial charge < -0.3 is 14.5 Å². The molecule has 10 nitrogen and oxygen atoms in total. The van der Waals surface area contributed by atoms with E-state index in [1.807, 2.05) is 0 Å². The Kier molecular flexibility index (Phi) is 5.59. The van der Waals surface area contributed by atoms with E-state index in [9.17, 15) is 27.6 Å². The molecule has 0 aromatic heterocycles. The smallest absolute Gasteiger partial charge is 0.410 e. The van der Waals surface area contributed by atoms with E-state index in [-0.39, 0.29) is 37.1 Å². The van der Waals surface area contributed by atoms with Crippen molar-refractivity contribution in [3.05, 3.63) is 35.4 Å². The first-order valence-electron chi connectivity index (χ1n) is 9.64. The Balaban J connectivity index is 1.79. The van der Waals surface area contributed by atoms with Crippen LogP contribution in [0.1, 0.15) is 54.3 Å². The molecule has 0 saturated carbocycles. The molecule has 0 spiro atoms. The molecule has 0 N–H and O–H groups in total. The normalized spacial score (nSPS) is 18.6. The third-order valence-corrected chi connectivity index (χ3v) is 7.23. The van der Waals surface area contributed by atoms with Crippen molar-refractivity contribution in [1.82, 2.24) is 9.96 Å². The molecule has 3 rings (SSSR count). The quantitative estimate of drug-likeness (QED) is 0.632. The number of hydrogen-bond donors (Lipinski definition) is 0. The van der Waals surface area contributed by atoms with Crippen LogP contribution in [0.3, 0.4) is 0 Å². The molecule has 1 aromatic carbocycles. The lowest BCUT2D eigenvalue weighted by atomic mass is 9.96. The number of sulfone groups is 1. The molecule has 31 heavy (non-hydrogen) atoms. The first kappa shape index (κ1) is 22.7. The monoisotopic (exact) mass is 452 g/mol. The van der Waals surface area contributed by atoms with Crippen LogP contribution in [0, 0.1) is 0 Å². The predicted octanol–water partition coefficient (Wildman–Crippen LogP) is 1.56. The highest BCUT2D eigenvalue weighted by atomic mass is 32.2. The maximum Gasteiger partial charge on any atom is 0.410 e. The van der Waals surface area contributed by atoms with Crippen LogP contribution in [0.2, 0.25) is 0 Å². The second kappa shape index (κ2) is 7.63. The SMILES string of the molecule is CC(C)(C)OC(=O)N1CCC(C(=O)ON2C(=O)c3ccccc3C2=O)(S(C)(=O)=O)CC1. The summed E-state index contributed by atoms with van der Waals surface area (Å²) in [7, 11) is -4.02. The van der Waals surface area contributed by atoms with Crippen molar-refractivity contribution in [2.75, 3.05) is 19.3 Å². The van der Waals surface area contributed by atoms with E-state index in [1.165, 1.54) is 17.0 Å². The summed E-state index contributed by atoms with van der Waals surface area (Å²) in [5.74, 6) is -2.92. The van der Waals surface area contributed by atoms with Crippen molar-refractivity contribution in [3.8, 4) is 0 Å². The van der Waals surface area contributed by atoms with Gasteiger partial charge in [0.15, 0.2) is 14.6 Å². The number of likely N-dealkylation sites (tertiary alicyclic amines) is 1. The van der Waals surface area contributed by atoms with Gasteiger partial charge >= 0.3 is 12.1 Å². The standard InChI is InChI=1S/C20H24N2O8S/c1-19(2,3)29-18(26)21-11-9-20(10-12-21,31(4,27)28)17(25)30-22-15(23)13-7-5-6-8-14(13)16(22)24/h5-8H,9-12H2,1-4H3. The lowest BCUT2D eigenvalue weighted by Crippen LogP contribution is -2.57. The van der Waals surface area contributed by atoms with Crippen LogP contribution in [0.25, 0.3) is 0 Å². The van der Waals surface area contributed by atoms with Crippen LogP contribution in [0.15, 0.2) is 24.3 Å². The maximum atomic E-state index is 13.0. The summed E-state index contributed by atoms with van der Waals surface area (Å²) < 4.78 is 28.5. The molecule has 11 heteroatoms. The molecule has 2 aliphatic rings. The Hall–Kier alpha value is -2.95. The van der Waals surface area contributed by atoms with Gasteiger partial charge in [-0.3, -0.25) is 9.59 Å². The topological polar surface area (TPSA) is 127 Å². The second-order valence-corrected chi connectivity index (χ2v) is 10.9. The highest BCUT2D eigenvalue weighted by molar-refractivity contribution is 7.92. The van der Waals surface area contributed by atoms with Gasteiger partial charge in [-0.15, -0.1) is 0 Å². The minimum absolute atomic E-state index is 0.0634. The zero-order chi connectivity index (χ0) is 23.2. The van der Waals surface area contributed by atoms with E-state index in [1.54, 1.807) is 32.9 Å². The minimum atomic E-state index is -4.02. The van der Waals surface area contributed by atoms with E-state index in [0.29, 0.717) is 5.06 Å². The lowest BCUT2D eigenvalue weighted by Gasteiger charge is -2.38. The fraction of sp³-hybridized carbons (Fsp3) is 0.500. The van der Waals surface area contributed by atoms with Crippen molar-refractivity contribution in [2.45, 2.75) is 44.0 Å². The average Bonchev–Trinajstić information content (AvgIpc) is 2.91. The highest BCUT2D eigenvalue weighted by Gasteiger charge is 2.54. The van der Waals surface area contributed by atoms with Gasteiger partial charge in [-0.25, -0.2) is 18.0 Å². The maximum absolute atomic E-state index is 13.0.